The molecule has 3 nitrogen and oxygen atoms in total. The minimum Gasteiger partial charge on any atom is -0.469 e. The van der Waals surface area contributed by atoms with Crippen molar-refractivity contribution < 1.29 is 9.53 Å². The number of carbonyl (C=O) groups is 1. The van der Waals surface area contributed by atoms with Gasteiger partial charge in [0, 0.05) is 9.61 Å². The molecule has 1 aromatic rings. The predicted octanol–water partition coefficient (Wildman–Crippen LogP) is 2.91. The molecule has 0 aliphatic carbocycles. The van der Waals surface area contributed by atoms with Crippen molar-refractivity contribution in [2.75, 3.05) is 7.11 Å². The van der Waals surface area contributed by atoms with Gasteiger partial charge < -0.3 is 10.5 Å². The third kappa shape index (κ3) is 3.82. The minimum absolute atomic E-state index is 0. The van der Waals surface area contributed by atoms with Crippen LogP contribution in [0.4, 0.5) is 0 Å². The number of ether oxygens (including phenoxy) is 1. The first-order chi connectivity index (χ1) is 7.39. The van der Waals surface area contributed by atoms with Crippen LogP contribution < -0.4 is 5.73 Å². The van der Waals surface area contributed by atoms with Gasteiger partial charge in [0.25, 0.3) is 0 Å². The van der Waals surface area contributed by atoms with Gasteiger partial charge in [0.1, 0.15) is 0 Å². The summed E-state index contributed by atoms with van der Waals surface area (Å²) < 4.78 is 5.87. The highest BCUT2D eigenvalue weighted by atomic mass is 127. The van der Waals surface area contributed by atoms with E-state index in [1.54, 1.807) is 13.8 Å². The molecule has 1 atom stereocenters. The van der Waals surface area contributed by atoms with Crippen molar-refractivity contribution in [3.63, 3.8) is 0 Å². The molecule has 0 saturated carbocycles. The van der Waals surface area contributed by atoms with Gasteiger partial charge in [-0.2, -0.15) is 0 Å². The van der Waals surface area contributed by atoms with Gasteiger partial charge in [0.15, 0.2) is 0 Å². The number of hydrogen-bond acceptors (Lipinski definition) is 3. The molecule has 1 aromatic carbocycles. The Morgan fingerprint density at radius 3 is 2.53 bits per heavy atom. The van der Waals surface area contributed by atoms with E-state index in [1.807, 2.05) is 24.3 Å². The number of benzene rings is 1. The van der Waals surface area contributed by atoms with Crippen LogP contribution in [-0.2, 0) is 9.53 Å². The molecule has 1 rings (SSSR count). The van der Waals surface area contributed by atoms with Crippen LogP contribution in [0, 0.1) is 8.99 Å². The van der Waals surface area contributed by atoms with Crippen molar-refractivity contribution in [2.45, 2.75) is 19.9 Å². The van der Waals surface area contributed by atoms with E-state index in [2.05, 4.69) is 22.6 Å². The summed E-state index contributed by atoms with van der Waals surface area (Å²) >= 11 is 2.22. The van der Waals surface area contributed by atoms with Crippen LogP contribution in [0.15, 0.2) is 24.3 Å². The highest BCUT2D eigenvalue weighted by Crippen LogP contribution is 2.32. The lowest BCUT2D eigenvalue weighted by atomic mass is 9.81. The van der Waals surface area contributed by atoms with Crippen LogP contribution in [0.1, 0.15) is 25.5 Å². The Bertz CT molecular complexity index is 396. The quantitative estimate of drug-likeness (QED) is 0.658. The molecule has 0 spiro atoms. The average Bonchev–Trinajstić information content (AvgIpc) is 2.26. The Labute approximate surface area is 122 Å². The Balaban J connectivity index is 0.00000256. The fraction of sp³-hybridized carbons (Fsp3) is 0.417. The number of halogens is 2. The van der Waals surface area contributed by atoms with Gasteiger partial charge in [0.2, 0.25) is 0 Å². The lowest BCUT2D eigenvalue weighted by Crippen LogP contribution is -2.37. The second kappa shape index (κ2) is 6.56. The van der Waals surface area contributed by atoms with Gasteiger partial charge in [-0.25, -0.2) is 0 Å². The average molecular weight is 370 g/mol. The number of esters is 1. The molecule has 0 saturated heterocycles. The second-order valence-electron chi connectivity index (χ2n) is 4.25. The molecule has 0 radical (unpaired) electrons. The number of carbonyl (C=O) groups excluding carboxylic acids is 1. The van der Waals surface area contributed by atoms with Crippen LogP contribution in [-0.4, -0.2) is 13.1 Å². The predicted molar refractivity (Wildman–Crippen MR) is 79.1 cm³/mol. The smallest absolute Gasteiger partial charge is 0.313 e. The first kappa shape index (κ1) is 16.7. The van der Waals surface area contributed by atoms with E-state index in [0.29, 0.717) is 0 Å². The molecule has 2 N–H and O–H groups in total. The van der Waals surface area contributed by atoms with Crippen LogP contribution in [0.3, 0.4) is 0 Å². The number of methoxy groups -OCH3 is 1. The highest BCUT2D eigenvalue weighted by molar-refractivity contribution is 14.1. The van der Waals surface area contributed by atoms with Crippen molar-refractivity contribution in [3.05, 3.63) is 33.4 Å². The lowest BCUT2D eigenvalue weighted by molar-refractivity contribution is -0.152. The summed E-state index contributed by atoms with van der Waals surface area (Å²) in [6.07, 6.45) is 0. The normalized spacial score (nSPS) is 12.5. The molecular weight excluding hydrogens is 352 g/mol. The summed E-state index contributed by atoms with van der Waals surface area (Å²) in [5, 5.41) is 0. The van der Waals surface area contributed by atoms with Crippen molar-refractivity contribution in [1.82, 2.24) is 0 Å². The van der Waals surface area contributed by atoms with E-state index in [0.717, 1.165) is 9.13 Å². The molecule has 96 valence electrons. The van der Waals surface area contributed by atoms with E-state index < -0.39 is 5.41 Å². The van der Waals surface area contributed by atoms with Gasteiger partial charge in [-0.1, -0.05) is 12.1 Å². The molecule has 0 bridgehead atoms. The molecule has 0 amide bonds. The first-order valence-electron chi connectivity index (χ1n) is 4.99. The second-order valence-corrected chi connectivity index (χ2v) is 5.49. The lowest BCUT2D eigenvalue weighted by Gasteiger charge is -2.29. The number of nitrogens with two attached hydrogens (primary N) is 1. The third-order valence-corrected chi connectivity index (χ3v) is 3.37. The molecule has 0 aliphatic heterocycles. The van der Waals surface area contributed by atoms with E-state index in [4.69, 9.17) is 10.5 Å². The molecule has 5 heteroatoms. The van der Waals surface area contributed by atoms with Crippen LogP contribution in [0.5, 0.6) is 0 Å². The van der Waals surface area contributed by atoms with E-state index in [1.165, 1.54) is 7.11 Å². The molecule has 0 aromatic heterocycles. The van der Waals surface area contributed by atoms with Crippen LogP contribution in [0.2, 0.25) is 0 Å². The molecular formula is C12H17ClINO2. The summed E-state index contributed by atoms with van der Waals surface area (Å²) in [6, 6.07) is 7.47. The summed E-state index contributed by atoms with van der Waals surface area (Å²) in [6.45, 7) is 3.59. The first-order valence-corrected chi connectivity index (χ1v) is 6.07. The molecule has 0 fully saturated rings. The van der Waals surface area contributed by atoms with Gasteiger partial charge in [-0.05, 0) is 54.1 Å². The topological polar surface area (TPSA) is 52.3 Å². The standard InChI is InChI=1S/C12H16INO2.ClH/c1-12(2,11(15)16-3)10(14)8-5-4-6-9(13)7-8;/h4-7,10H,14H2,1-3H3;1H/t10-;/m1./s1. The van der Waals surface area contributed by atoms with Gasteiger partial charge in [-0.15, -0.1) is 12.4 Å². The minimum atomic E-state index is -0.723. The molecule has 0 aliphatic rings. The van der Waals surface area contributed by atoms with E-state index >= 15 is 0 Å². The largest absolute Gasteiger partial charge is 0.469 e. The highest BCUT2D eigenvalue weighted by Gasteiger charge is 2.36. The summed E-state index contributed by atoms with van der Waals surface area (Å²) in [7, 11) is 1.38. The Kier molecular flexibility index (Phi) is 6.43. The van der Waals surface area contributed by atoms with Crippen molar-refractivity contribution in [2.24, 2.45) is 11.1 Å². The fourth-order valence-electron chi connectivity index (χ4n) is 1.51. The Morgan fingerprint density at radius 2 is 2.06 bits per heavy atom. The summed E-state index contributed by atoms with van der Waals surface area (Å²) in [5.41, 5.74) is 6.34. The Hall–Kier alpha value is -0.330. The SMILES string of the molecule is COC(=O)C(C)(C)[C@H](N)c1cccc(I)c1.Cl. The van der Waals surface area contributed by atoms with Gasteiger partial charge >= 0.3 is 5.97 Å². The van der Waals surface area contributed by atoms with E-state index in [9.17, 15) is 4.79 Å². The summed E-state index contributed by atoms with van der Waals surface area (Å²) in [5.74, 6) is -0.293. The fourth-order valence-corrected chi connectivity index (χ4v) is 2.07. The zero-order chi connectivity index (χ0) is 12.3. The number of hydrogen-bond donors (Lipinski definition) is 1. The molecule has 0 unspecified atom stereocenters. The van der Waals surface area contributed by atoms with Crippen LogP contribution >= 0.6 is 35.0 Å². The maximum Gasteiger partial charge on any atom is 0.313 e. The van der Waals surface area contributed by atoms with Gasteiger partial charge in [0.05, 0.1) is 12.5 Å². The zero-order valence-corrected chi connectivity index (χ0v) is 13.0. The van der Waals surface area contributed by atoms with Gasteiger partial charge in [-0.3, -0.25) is 4.79 Å². The van der Waals surface area contributed by atoms with Crippen molar-refractivity contribution in [1.29, 1.82) is 0 Å². The maximum atomic E-state index is 11.6. The zero-order valence-electron chi connectivity index (χ0n) is 10.1. The van der Waals surface area contributed by atoms with Crippen molar-refractivity contribution in [3.8, 4) is 0 Å². The molecule has 17 heavy (non-hydrogen) atoms. The van der Waals surface area contributed by atoms with E-state index in [-0.39, 0.29) is 24.4 Å². The Morgan fingerprint density at radius 1 is 1.47 bits per heavy atom. The monoisotopic (exact) mass is 369 g/mol. The maximum absolute atomic E-state index is 11.6. The number of rotatable bonds is 3. The molecule has 0 heterocycles. The third-order valence-electron chi connectivity index (χ3n) is 2.70. The van der Waals surface area contributed by atoms with Crippen molar-refractivity contribution >= 4 is 41.0 Å². The van der Waals surface area contributed by atoms with Crippen LogP contribution in [0.25, 0.3) is 0 Å². The summed E-state index contributed by atoms with van der Waals surface area (Å²) in [4.78, 5) is 11.6.